The molecular weight excluding hydrogens is 250 g/mol. The van der Waals surface area contributed by atoms with Gasteiger partial charge in [0, 0.05) is 11.3 Å². The largest absolute Gasteiger partial charge is 0.313 e. The molecule has 1 nitrogen and oxygen atoms in total. The van der Waals surface area contributed by atoms with Crippen LogP contribution in [0.5, 0.6) is 0 Å². The average Bonchev–Trinajstić information content (AvgIpc) is 2.46. The topological polar surface area (TPSA) is 12.0 Å². The van der Waals surface area contributed by atoms with Crippen molar-refractivity contribution in [2.24, 2.45) is 0 Å². The molecule has 114 valence electrons. The molecule has 1 saturated heterocycles. The summed E-state index contributed by atoms with van der Waals surface area (Å²) in [6.45, 7) is 5.69. The summed E-state index contributed by atoms with van der Waals surface area (Å²) in [6, 6.07) is 0.783. The molecule has 0 saturated carbocycles. The van der Waals surface area contributed by atoms with Gasteiger partial charge in [0.05, 0.1) is 0 Å². The van der Waals surface area contributed by atoms with Gasteiger partial charge in [-0.05, 0) is 31.6 Å². The van der Waals surface area contributed by atoms with E-state index in [0.717, 1.165) is 17.8 Å². The number of thioether (sulfide) groups is 1. The van der Waals surface area contributed by atoms with Gasteiger partial charge in [-0.25, -0.2) is 0 Å². The molecule has 2 atom stereocenters. The van der Waals surface area contributed by atoms with Crippen LogP contribution in [0, 0.1) is 0 Å². The van der Waals surface area contributed by atoms with Crippen LogP contribution in [0.15, 0.2) is 0 Å². The third-order valence-corrected chi connectivity index (χ3v) is 5.77. The first-order chi connectivity index (χ1) is 9.38. The first-order valence-electron chi connectivity index (χ1n) is 8.73. The van der Waals surface area contributed by atoms with E-state index in [1.807, 2.05) is 0 Å². The van der Waals surface area contributed by atoms with Crippen molar-refractivity contribution in [3.63, 3.8) is 0 Å². The smallest absolute Gasteiger partial charge is 0.0201 e. The van der Waals surface area contributed by atoms with Crippen molar-refractivity contribution in [2.45, 2.75) is 95.8 Å². The minimum Gasteiger partial charge on any atom is -0.313 e. The molecule has 0 aromatic carbocycles. The fraction of sp³-hybridized carbons (Fsp3) is 1.00. The molecule has 1 N–H and O–H groups in total. The Morgan fingerprint density at radius 3 is 2.37 bits per heavy atom. The minimum atomic E-state index is 0.783. The number of rotatable bonds is 11. The highest BCUT2D eigenvalue weighted by Gasteiger charge is 2.22. The van der Waals surface area contributed by atoms with Crippen molar-refractivity contribution in [1.29, 1.82) is 0 Å². The lowest BCUT2D eigenvalue weighted by atomic mass is 10.00. The van der Waals surface area contributed by atoms with Crippen molar-refractivity contribution in [1.82, 2.24) is 5.32 Å². The minimum absolute atomic E-state index is 0.783. The van der Waals surface area contributed by atoms with E-state index in [1.165, 1.54) is 76.4 Å². The number of hydrogen-bond donors (Lipinski definition) is 1. The van der Waals surface area contributed by atoms with Crippen molar-refractivity contribution < 1.29 is 0 Å². The van der Waals surface area contributed by atoms with E-state index in [9.17, 15) is 0 Å². The summed E-state index contributed by atoms with van der Waals surface area (Å²) in [6.07, 6.45) is 15.8. The van der Waals surface area contributed by atoms with Crippen LogP contribution in [-0.4, -0.2) is 23.6 Å². The van der Waals surface area contributed by atoms with Crippen molar-refractivity contribution in [3.05, 3.63) is 0 Å². The molecule has 2 heteroatoms. The van der Waals surface area contributed by atoms with Crippen molar-refractivity contribution in [3.8, 4) is 0 Å². The third kappa shape index (κ3) is 8.24. The van der Waals surface area contributed by atoms with Gasteiger partial charge in [-0.1, -0.05) is 65.2 Å². The molecule has 1 aliphatic rings. The van der Waals surface area contributed by atoms with E-state index in [4.69, 9.17) is 0 Å². The van der Waals surface area contributed by atoms with Crippen LogP contribution in [-0.2, 0) is 0 Å². The van der Waals surface area contributed by atoms with E-state index in [2.05, 4.69) is 30.9 Å². The normalized spacial score (nSPS) is 21.5. The lowest BCUT2D eigenvalue weighted by Crippen LogP contribution is -2.39. The van der Waals surface area contributed by atoms with Crippen LogP contribution in [0.2, 0.25) is 0 Å². The van der Waals surface area contributed by atoms with Gasteiger partial charge < -0.3 is 5.32 Å². The second-order valence-corrected chi connectivity index (χ2v) is 7.33. The van der Waals surface area contributed by atoms with Gasteiger partial charge in [-0.15, -0.1) is 0 Å². The maximum Gasteiger partial charge on any atom is 0.0201 e. The van der Waals surface area contributed by atoms with E-state index >= 15 is 0 Å². The molecule has 0 aliphatic carbocycles. The lowest BCUT2D eigenvalue weighted by molar-refractivity contribution is 0.428. The fourth-order valence-corrected chi connectivity index (χ4v) is 4.56. The Kier molecular flexibility index (Phi) is 11.0. The Balaban J connectivity index is 2.07. The standard InChI is InChI=1S/C17H35NS/c1-3-5-6-7-8-9-10-13-16(18-4-2)17-14-11-12-15-19-17/h16-18H,3-15H2,1-2H3. The van der Waals surface area contributed by atoms with Crippen molar-refractivity contribution >= 4 is 11.8 Å². The van der Waals surface area contributed by atoms with Crippen LogP contribution < -0.4 is 5.32 Å². The monoisotopic (exact) mass is 285 g/mol. The summed E-state index contributed by atoms with van der Waals surface area (Å²) in [5.74, 6) is 1.39. The Morgan fingerprint density at radius 2 is 1.74 bits per heavy atom. The molecule has 0 spiro atoms. The fourth-order valence-electron chi connectivity index (χ4n) is 3.09. The highest BCUT2D eigenvalue weighted by molar-refractivity contribution is 8.00. The Hall–Kier alpha value is 0.310. The van der Waals surface area contributed by atoms with E-state index in [-0.39, 0.29) is 0 Å². The molecule has 19 heavy (non-hydrogen) atoms. The molecule has 0 amide bonds. The summed E-state index contributed by atoms with van der Waals surface area (Å²) in [5, 5.41) is 4.64. The average molecular weight is 286 g/mol. The molecule has 1 fully saturated rings. The molecular formula is C17H35NS. The summed E-state index contributed by atoms with van der Waals surface area (Å²) in [5.41, 5.74) is 0. The van der Waals surface area contributed by atoms with Gasteiger partial charge in [0.25, 0.3) is 0 Å². The van der Waals surface area contributed by atoms with Gasteiger partial charge in [0.2, 0.25) is 0 Å². The molecule has 2 unspecified atom stereocenters. The molecule has 1 rings (SSSR count). The zero-order valence-corrected chi connectivity index (χ0v) is 14.1. The highest BCUT2D eigenvalue weighted by Crippen LogP contribution is 2.29. The molecule has 0 aromatic heterocycles. The van der Waals surface area contributed by atoms with E-state index in [1.54, 1.807) is 0 Å². The Labute approximate surface area is 125 Å². The zero-order valence-electron chi connectivity index (χ0n) is 13.3. The van der Waals surface area contributed by atoms with Gasteiger partial charge in [0.15, 0.2) is 0 Å². The quantitative estimate of drug-likeness (QED) is 0.511. The summed E-state index contributed by atoms with van der Waals surface area (Å²) >= 11 is 2.22. The van der Waals surface area contributed by atoms with Crippen LogP contribution in [0.4, 0.5) is 0 Å². The van der Waals surface area contributed by atoms with Crippen molar-refractivity contribution in [2.75, 3.05) is 12.3 Å². The van der Waals surface area contributed by atoms with Crippen LogP contribution in [0.25, 0.3) is 0 Å². The Bertz CT molecular complexity index is 190. The second-order valence-electron chi connectivity index (χ2n) is 5.98. The molecule has 1 heterocycles. The van der Waals surface area contributed by atoms with Gasteiger partial charge >= 0.3 is 0 Å². The van der Waals surface area contributed by atoms with E-state index in [0.29, 0.717) is 0 Å². The second kappa shape index (κ2) is 12.1. The molecule has 1 aliphatic heterocycles. The maximum atomic E-state index is 3.74. The van der Waals surface area contributed by atoms with Gasteiger partial charge in [-0.3, -0.25) is 0 Å². The highest BCUT2D eigenvalue weighted by atomic mass is 32.2. The number of nitrogens with one attached hydrogen (secondary N) is 1. The van der Waals surface area contributed by atoms with Gasteiger partial charge in [-0.2, -0.15) is 11.8 Å². The predicted octanol–water partition coefficient (Wildman–Crippen LogP) is 5.39. The summed E-state index contributed by atoms with van der Waals surface area (Å²) in [7, 11) is 0. The molecule has 0 bridgehead atoms. The first-order valence-corrected chi connectivity index (χ1v) is 9.78. The maximum absolute atomic E-state index is 3.74. The molecule has 0 radical (unpaired) electrons. The van der Waals surface area contributed by atoms with Crippen LogP contribution >= 0.6 is 11.8 Å². The third-order valence-electron chi connectivity index (χ3n) is 4.25. The number of unbranched alkanes of at least 4 members (excludes halogenated alkanes) is 6. The zero-order chi connectivity index (χ0) is 13.8. The van der Waals surface area contributed by atoms with E-state index < -0.39 is 0 Å². The van der Waals surface area contributed by atoms with Crippen LogP contribution in [0.1, 0.15) is 84.5 Å². The lowest BCUT2D eigenvalue weighted by Gasteiger charge is -2.30. The SMILES string of the molecule is CCCCCCCCCC(NCC)C1CCCCS1. The number of hydrogen-bond acceptors (Lipinski definition) is 2. The summed E-state index contributed by atoms with van der Waals surface area (Å²) in [4.78, 5) is 0. The molecule has 0 aromatic rings. The predicted molar refractivity (Wildman–Crippen MR) is 90.2 cm³/mol. The first kappa shape index (κ1) is 17.4. The summed E-state index contributed by atoms with van der Waals surface area (Å²) < 4.78 is 0. The Morgan fingerprint density at radius 1 is 1.00 bits per heavy atom. The van der Waals surface area contributed by atoms with Gasteiger partial charge in [0.1, 0.15) is 0 Å². The van der Waals surface area contributed by atoms with Crippen LogP contribution in [0.3, 0.4) is 0 Å².